The predicted octanol–water partition coefficient (Wildman–Crippen LogP) is 4.58. The molecule has 0 bridgehead atoms. The fourth-order valence-electron chi connectivity index (χ4n) is 2.81. The average Bonchev–Trinajstić information content (AvgIpc) is 2.79. The molecule has 0 aliphatic rings. The number of hydrogen-bond acceptors (Lipinski definition) is 7. The number of nitrogens with one attached hydrogen (secondary N) is 1. The second-order valence-corrected chi connectivity index (χ2v) is 9.50. The van der Waals surface area contributed by atoms with Crippen molar-refractivity contribution in [2.24, 2.45) is 0 Å². The molecule has 198 valence electrons. The van der Waals surface area contributed by atoms with Crippen LogP contribution < -0.4 is 5.32 Å². The second kappa shape index (κ2) is 22.0. The van der Waals surface area contributed by atoms with Crippen LogP contribution in [0.25, 0.3) is 0 Å². The zero-order valence-electron chi connectivity index (χ0n) is 20.8. The fraction of sp³-hybridized carbons (Fsp3) is 0.750. The molecule has 0 heterocycles. The van der Waals surface area contributed by atoms with E-state index in [2.05, 4.69) is 45.6 Å². The van der Waals surface area contributed by atoms with E-state index in [-0.39, 0.29) is 32.1 Å². The molecule has 0 aromatic rings. The number of aliphatic hydroxyl groups excluding tert-OH is 1. The second-order valence-electron chi connectivity index (χ2n) is 8.04. The van der Waals surface area contributed by atoms with E-state index >= 15 is 0 Å². The average molecular weight is 506 g/mol. The van der Waals surface area contributed by atoms with Crippen LogP contribution in [0.4, 0.5) is 0 Å². The highest BCUT2D eigenvalue weighted by Gasteiger charge is 2.23. The summed E-state index contributed by atoms with van der Waals surface area (Å²) in [4.78, 5) is 31.9. The Kier molecular flexibility index (Phi) is 21.0. The quantitative estimate of drug-likeness (QED) is 0.0843. The summed E-state index contributed by atoms with van der Waals surface area (Å²) in [5.41, 5.74) is 0. The Morgan fingerprint density at radius 3 is 2.26 bits per heavy atom. The van der Waals surface area contributed by atoms with Crippen LogP contribution in [0.2, 0.25) is 0 Å². The van der Waals surface area contributed by atoms with Gasteiger partial charge < -0.3 is 20.1 Å². The summed E-state index contributed by atoms with van der Waals surface area (Å²) in [6.45, 7) is 2.49. The molecule has 3 N–H and O–H groups in total. The minimum atomic E-state index is -4.36. The molecule has 0 aliphatic heterocycles. The van der Waals surface area contributed by atoms with E-state index < -0.39 is 26.5 Å². The Balaban J connectivity index is 3.63. The smallest absolute Gasteiger partial charge is 0.463 e. The molecule has 0 aromatic carbocycles. The van der Waals surface area contributed by atoms with Gasteiger partial charge in [0.05, 0.1) is 13.2 Å². The number of carbonyl (C=O) groups excluding carboxylic acids is 2. The number of allylic oxidation sites excluding steroid dienone is 4. The van der Waals surface area contributed by atoms with Crippen molar-refractivity contribution in [3.8, 4) is 0 Å². The molecule has 0 aromatic heterocycles. The van der Waals surface area contributed by atoms with Crippen molar-refractivity contribution in [3.63, 3.8) is 0 Å². The Bertz CT molecular complexity index is 638. The Morgan fingerprint density at radius 1 is 0.941 bits per heavy atom. The first-order valence-corrected chi connectivity index (χ1v) is 13.8. The lowest BCUT2D eigenvalue weighted by atomic mass is 10.1. The first kappa shape index (κ1) is 32.5. The summed E-state index contributed by atoms with van der Waals surface area (Å²) < 4.78 is 25.9. The first-order chi connectivity index (χ1) is 16.3. The van der Waals surface area contributed by atoms with Crippen molar-refractivity contribution in [3.05, 3.63) is 24.3 Å². The van der Waals surface area contributed by atoms with Gasteiger partial charge in [-0.1, -0.05) is 63.3 Å². The Morgan fingerprint density at radius 2 is 1.59 bits per heavy atom. The number of phosphoric acid groups is 1. The van der Waals surface area contributed by atoms with Crippen molar-refractivity contribution in [1.82, 2.24) is 5.32 Å². The lowest BCUT2D eigenvalue weighted by Gasteiger charge is -2.15. The van der Waals surface area contributed by atoms with Crippen molar-refractivity contribution in [2.75, 3.05) is 26.4 Å². The summed E-state index contributed by atoms with van der Waals surface area (Å²) in [5, 5.41) is 12.1. The number of rotatable bonds is 22. The molecule has 0 saturated carbocycles. The minimum Gasteiger partial charge on any atom is -0.463 e. The van der Waals surface area contributed by atoms with Crippen LogP contribution in [0.3, 0.4) is 0 Å². The summed E-state index contributed by atoms with van der Waals surface area (Å²) in [7, 11) is -4.36. The van der Waals surface area contributed by atoms with E-state index in [4.69, 9.17) is 4.74 Å². The molecule has 10 heteroatoms. The van der Waals surface area contributed by atoms with Crippen LogP contribution in [-0.2, 0) is 27.9 Å². The Labute approximate surface area is 204 Å². The summed E-state index contributed by atoms with van der Waals surface area (Å²) in [6.07, 6.45) is 18.6. The third-order valence-electron chi connectivity index (χ3n) is 4.68. The predicted molar refractivity (Wildman–Crippen MR) is 132 cm³/mol. The molecule has 0 fully saturated rings. The highest BCUT2D eigenvalue weighted by atomic mass is 31.2. The number of esters is 1. The van der Waals surface area contributed by atoms with Gasteiger partial charge in [-0.3, -0.25) is 18.6 Å². The van der Waals surface area contributed by atoms with Crippen molar-refractivity contribution in [2.45, 2.75) is 90.6 Å². The van der Waals surface area contributed by atoms with Gasteiger partial charge in [0.25, 0.3) is 0 Å². The molecule has 2 unspecified atom stereocenters. The Hall–Kier alpha value is -1.51. The number of aliphatic hydroxyl groups is 1. The van der Waals surface area contributed by atoms with Crippen LogP contribution in [0.1, 0.15) is 84.5 Å². The topological polar surface area (TPSA) is 131 Å². The molecule has 0 spiro atoms. The lowest BCUT2D eigenvalue weighted by Crippen LogP contribution is -2.25. The van der Waals surface area contributed by atoms with E-state index in [1.807, 2.05) is 0 Å². The van der Waals surface area contributed by atoms with Gasteiger partial charge >= 0.3 is 13.8 Å². The zero-order valence-corrected chi connectivity index (χ0v) is 21.7. The van der Waals surface area contributed by atoms with Gasteiger partial charge in [-0.15, -0.1) is 0 Å². The molecule has 0 radical (unpaired) electrons. The van der Waals surface area contributed by atoms with Gasteiger partial charge in [0.1, 0.15) is 12.7 Å². The number of carbonyl (C=O) groups is 2. The van der Waals surface area contributed by atoms with Crippen LogP contribution in [0.15, 0.2) is 24.3 Å². The molecular formula is C24H44NO8P. The van der Waals surface area contributed by atoms with Crippen molar-refractivity contribution < 1.29 is 37.9 Å². The highest BCUT2D eigenvalue weighted by Crippen LogP contribution is 2.42. The van der Waals surface area contributed by atoms with Crippen molar-refractivity contribution in [1.29, 1.82) is 0 Å². The van der Waals surface area contributed by atoms with Gasteiger partial charge in [0, 0.05) is 19.9 Å². The van der Waals surface area contributed by atoms with Crippen LogP contribution >= 0.6 is 7.82 Å². The van der Waals surface area contributed by atoms with Gasteiger partial charge in [-0.05, 0) is 32.1 Å². The molecule has 0 saturated heterocycles. The molecule has 1 amide bonds. The third kappa shape index (κ3) is 23.6. The normalized spacial score (nSPS) is 14.4. The standard InChI is InChI=1S/C24H44NO8P/c1-3-4-5-6-7-8-9-10-11-12-13-14-15-16-17-24(28)31-20-23(27)21-33-34(29,30)32-19-18-25-22(2)26/h6-7,9-10,23,27H,3-5,8,11-21H2,1-2H3,(H,25,26)(H,29,30)/b7-6-,10-9-. The lowest BCUT2D eigenvalue weighted by molar-refractivity contribution is -0.147. The van der Waals surface area contributed by atoms with Gasteiger partial charge in [-0.25, -0.2) is 4.57 Å². The largest absolute Gasteiger partial charge is 0.472 e. The van der Waals surface area contributed by atoms with E-state index in [0.717, 1.165) is 51.4 Å². The SMILES string of the molecule is CCCC/C=C\C/C=C\CCCCCCCC(=O)OCC(O)COP(=O)(O)OCCNC(C)=O. The number of phosphoric ester groups is 1. The monoisotopic (exact) mass is 505 g/mol. The third-order valence-corrected chi connectivity index (χ3v) is 5.66. The number of unbranched alkanes of at least 4 members (excludes halogenated alkanes) is 7. The van der Waals surface area contributed by atoms with Gasteiger partial charge in [-0.2, -0.15) is 0 Å². The number of amides is 1. The van der Waals surface area contributed by atoms with E-state index in [9.17, 15) is 24.2 Å². The maximum atomic E-state index is 11.7. The number of hydrogen-bond donors (Lipinski definition) is 3. The number of ether oxygens (including phenoxy) is 1. The summed E-state index contributed by atoms with van der Waals surface area (Å²) >= 11 is 0. The molecule has 2 atom stereocenters. The van der Waals surface area contributed by atoms with Crippen LogP contribution in [0.5, 0.6) is 0 Å². The molecule has 34 heavy (non-hydrogen) atoms. The van der Waals surface area contributed by atoms with Crippen LogP contribution in [0, 0.1) is 0 Å². The maximum absolute atomic E-state index is 11.7. The molecule has 0 rings (SSSR count). The maximum Gasteiger partial charge on any atom is 0.472 e. The summed E-state index contributed by atoms with van der Waals surface area (Å²) in [6, 6.07) is 0. The first-order valence-electron chi connectivity index (χ1n) is 12.3. The molecular weight excluding hydrogens is 461 g/mol. The fourth-order valence-corrected chi connectivity index (χ4v) is 3.56. The molecule has 0 aliphatic carbocycles. The van der Waals surface area contributed by atoms with E-state index in [1.54, 1.807) is 0 Å². The highest BCUT2D eigenvalue weighted by molar-refractivity contribution is 7.47. The van der Waals surface area contributed by atoms with E-state index in [0.29, 0.717) is 0 Å². The van der Waals surface area contributed by atoms with E-state index in [1.165, 1.54) is 19.8 Å². The van der Waals surface area contributed by atoms with Crippen molar-refractivity contribution >= 4 is 19.7 Å². The molecule has 9 nitrogen and oxygen atoms in total. The van der Waals surface area contributed by atoms with Gasteiger partial charge in [0.2, 0.25) is 5.91 Å². The van der Waals surface area contributed by atoms with Crippen LogP contribution in [-0.4, -0.2) is 54.3 Å². The zero-order chi connectivity index (χ0) is 25.5. The summed E-state index contributed by atoms with van der Waals surface area (Å²) in [5.74, 6) is -0.716. The van der Waals surface area contributed by atoms with Gasteiger partial charge in [0.15, 0.2) is 0 Å². The minimum absolute atomic E-state index is 0.0531.